The van der Waals surface area contributed by atoms with E-state index in [1.54, 1.807) is 38.3 Å². The molecule has 2 atom stereocenters. The molecule has 2 amide bonds. The number of sulfonamides is 1. The van der Waals surface area contributed by atoms with Crippen molar-refractivity contribution in [1.82, 2.24) is 9.62 Å². The number of rotatable bonds is 8. The summed E-state index contributed by atoms with van der Waals surface area (Å²) < 4.78 is 44.0. The van der Waals surface area contributed by atoms with E-state index in [-0.39, 0.29) is 35.8 Å². The first-order chi connectivity index (χ1) is 16.3. The predicted octanol–water partition coefficient (Wildman–Crippen LogP) is 1.99. The average molecular weight is 489 g/mol. The van der Waals surface area contributed by atoms with Crippen LogP contribution in [0.3, 0.4) is 0 Å². The van der Waals surface area contributed by atoms with Crippen molar-refractivity contribution in [3.8, 4) is 11.5 Å². The van der Waals surface area contributed by atoms with Crippen LogP contribution < -0.4 is 14.2 Å². The third-order valence-electron chi connectivity index (χ3n) is 6.02. The Morgan fingerprint density at radius 2 is 2.00 bits per heavy atom. The van der Waals surface area contributed by atoms with Gasteiger partial charge in [-0.1, -0.05) is 24.3 Å². The van der Waals surface area contributed by atoms with Crippen LogP contribution in [0.2, 0.25) is 0 Å². The minimum atomic E-state index is -4.02. The molecule has 0 radical (unpaired) electrons. The van der Waals surface area contributed by atoms with Gasteiger partial charge in [-0.05, 0) is 36.2 Å². The van der Waals surface area contributed by atoms with Gasteiger partial charge < -0.3 is 19.1 Å². The number of hydrogen-bond acceptors (Lipinski definition) is 7. The molecule has 9 nitrogen and oxygen atoms in total. The van der Waals surface area contributed by atoms with Crippen molar-refractivity contribution in [3.05, 3.63) is 53.6 Å². The predicted molar refractivity (Wildman–Crippen MR) is 123 cm³/mol. The fourth-order valence-corrected chi connectivity index (χ4v) is 5.47. The molecule has 2 saturated heterocycles. The van der Waals surface area contributed by atoms with E-state index in [1.165, 1.54) is 11.0 Å². The van der Waals surface area contributed by atoms with Gasteiger partial charge in [0.05, 0.1) is 25.2 Å². The number of amides is 2. The summed E-state index contributed by atoms with van der Waals surface area (Å²) in [7, 11) is -2.45. The van der Waals surface area contributed by atoms with Gasteiger partial charge in [-0.15, -0.1) is 0 Å². The van der Waals surface area contributed by atoms with Crippen LogP contribution in [0.4, 0.5) is 0 Å². The lowest BCUT2D eigenvalue weighted by atomic mass is 9.98. The van der Waals surface area contributed by atoms with E-state index in [2.05, 4.69) is 4.72 Å². The molecule has 2 aliphatic rings. The summed E-state index contributed by atoms with van der Waals surface area (Å²) in [6.07, 6.45) is 0.962. The first-order valence-corrected chi connectivity index (χ1v) is 12.6. The van der Waals surface area contributed by atoms with E-state index in [1.807, 2.05) is 12.1 Å². The number of methoxy groups -OCH3 is 1. The first-order valence-electron chi connectivity index (χ1n) is 11.1. The quantitative estimate of drug-likeness (QED) is 0.605. The summed E-state index contributed by atoms with van der Waals surface area (Å²) in [5, 5.41) is 0. The fourth-order valence-electron chi connectivity index (χ4n) is 4.24. The fraction of sp³-hybridized carbons (Fsp3) is 0.417. The van der Waals surface area contributed by atoms with Crippen molar-refractivity contribution in [2.24, 2.45) is 0 Å². The van der Waals surface area contributed by atoms with Crippen molar-refractivity contribution >= 4 is 21.8 Å². The number of nitrogens with one attached hydrogen (secondary N) is 1. The normalized spacial score (nSPS) is 20.4. The van der Waals surface area contributed by atoms with E-state index in [9.17, 15) is 18.0 Å². The smallest absolute Gasteiger partial charge is 0.264 e. The molecule has 4 rings (SSSR count). The molecule has 2 heterocycles. The number of likely N-dealkylation sites (tertiary alicyclic amines) is 1. The lowest BCUT2D eigenvalue weighted by molar-refractivity contribution is -0.132. The SMILES string of the molecule is COc1ccc([C@@H]2CC(=O)N(CC(=O)NS(=O)(=O)c3ccccc3C)C2)cc1O[C@@H]1CCOC1. The molecule has 0 unspecified atom stereocenters. The van der Waals surface area contributed by atoms with Crippen molar-refractivity contribution < 1.29 is 32.2 Å². The third-order valence-corrected chi connectivity index (χ3v) is 7.55. The molecule has 2 aromatic rings. The second-order valence-corrected chi connectivity index (χ2v) is 10.1. The van der Waals surface area contributed by atoms with E-state index < -0.39 is 15.9 Å². The number of nitrogens with zero attached hydrogens (tertiary/aromatic N) is 1. The number of carbonyl (C=O) groups excluding carboxylic acids is 2. The highest BCUT2D eigenvalue weighted by molar-refractivity contribution is 7.90. The number of ether oxygens (including phenoxy) is 3. The molecule has 182 valence electrons. The summed E-state index contributed by atoms with van der Waals surface area (Å²) in [6, 6.07) is 11.9. The first kappa shape index (κ1) is 24.0. The second-order valence-electron chi connectivity index (χ2n) is 8.48. The highest BCUT2D eigenvalue weighted by atomic mass is 32.2. The van der Waals surface area contributed by atoms with Crippen molar-refractivity contribution in [3.63, 3.8) is 0 Å². The monoisotopic (exact) mass is 488 g/mol. The molecule has 2 aromatic carbocycles. The zero-order valence-corrected chi connectivity index (χ0v) is 20.0. The van der Waals surface area contributed by atoms with Gasteiger partial charge >= 0.3 is 0 Å². The maximum atomic E-state index is 12.6. The highest BCUT2D eigenvalue weighted by Crippen LogP contribution is 2.36. The Balaban J connectivity index is 1.42. The van der Waals surface area contributed by atoms with Crippen LogP contribution >= 0.6 is 0 Å². The number of aryl methyl sites for hydroxylation is 1. The highest BCUT2D eigenvalue weighted by Gasteiger charge is 2.33. The van der Waals surface area contributed by atoms with Crippen LogP contribution in [0.5, 0.6) is 11.5 Å². The molecule has 0 aliphatic carbocycles. The zero-order valence-electron chi connectivity index (χ0n) is 19.2. The van der Waals surface area contributed by atoms with Crippen LogP contribution in [-0.2, 0) is 24.3 Å². The summed E-state index contributed by atoms with van der Waals surface area (Å²) in [5.41, 5.74) is 1.42. The summed E-state index contributed by atoms with van der Waals surface area (Å²) in [6.45, 7) is 2.79. The Morgan fingerprint density at radius 1 is 1.21 bits per heavy atom. The summed E-state index contributed by atoms with van der Waals surface area (Å²) >= 11 is 0. The molecule has 2 fully saturated rings. The van der Waals surface area contributed by atoms with Crippen molar-refractivity contribution in [2.75, 3.05) is 33.4 Å². The summed E-state index contributed by atoms with van der Waals surface area (Å²) in [4.78, 5) is 26.5. The van der Waals surface area contributed by atoms with Gasteiger partial charge in [0, 0.05) is 25.3 Å². The topological polar surface area (TPSA) is 111 Å². The van der Waals surface area contributed by atoms with Crippen molar-refractivity contribution in [2.45, 2.75) is 36.7 Å². The Morgan fingerprint density at radius 3 is 2.71 bits per heavy atom. The molecule has 1 N–H and O–H groups in total. The molecule has 10 heteroatoms. The standard InChI is InChI=1S/C24H28N2O7S/c1-16-5-3-4-6-22(16)34(29,30)25-23(27)14-26-13-18(12-24(26)28)17-7-8-20(31-2)21(11-17)33-19-9-10-32-15-19/h3-8,11,18-19H,9-10,12-15H2,1-2H3,(H,25,27)/t18-,19-/m1/s1. The minimum Gasteiger partial charge on any atom is -0.493 e. The van der Waals surface area contributed by atoms with Crippen LogP contribution in [0.25, 0.3) is 0 Å². The minimum absolute atomic E-state index is 0.0346. The zero-order chi connectivity index (χ0) is 24.3. The lowest BCUT2D eigenvalue weighted by Crippen LogP contribution is -2.40. The van der Waals surface area contributed by atoms with E-state index in [4.69, 9.17) is 14.2 Å². The van der Waals surface area contributed by atoms with Gasteiger partial charge in [-0.3, -0.25) is 9.59 Å². The Bertz CT molecular complexity index is 1180. The molecule has 0 bridgehead atoms. The van der Waals surface area contributed by atoms with E-state index >= 15 is 0 Å². The van der Waals surface area contributed by atoms with E-state index in [0.29, 0.717) is 36.8 Å². The van der Waals surface area contributed by atoms with Crippen LogP contribution in [-0.4, -0.2) is 64.6 Å². The van der Waals surface area contributed by atoms with Gasteiger partial charge in [0.1, 0.15) is 12.6 Å². The molecule has 0 spiro atoms. The van der Waals surface area contributed by atoms with Gasteiger partial charge in [0.2, 0.25) is 5.91 Å². The van der Waals surface area contributed by atoms with Crippen LogP contribution in [0.1, 0.15) is 29.9 Å². The van der Waals surface area contributed by atoms with Crippen LogP contribution in [0, 0.1) is 6.92 Å². The largest absolute Gasteiger partial charge is 0.493 e. The Labute approximate surface area is 199 Å². The van der Waals surface area contributed by atoms with Gasteiger partial charge in [0.25, 0.3) is 15.9 Å². The van der Waals surface area contributed by atoms with Gasteiger partial charge in [-0.25, -0.2) is 13.1 Å². The maximum absolute atomic E-state index is 12.6. The average Bonchev–Trinajstić information content (AvgIpc) is 3.43. The molecule has 0 saturated carbocycles. The van der Waals surface area contributed by atoms with Crippen molar-refractivity contribution in [1.29, 1.82) is 0 Å². The Kier molecular flexibility index (Phi) is 7.08. The molecular formula is C24H28N2O7S. The Hall–Kier alpha value is -3.11. The third kappa shape index (κ3) is 5.34. The molecule has 34 heavy (non-hydrogen) atoms. The second kappa shape index (κ2) is 10.0. The number of carbonyl (C=O) groups is 2. The van der Waals surface area contributed by atoms with E-state index in [0.717, 1.165) is 12.0 Å². The summed E-state index contributed by atoms with van der Waals surface area (Å²) in [5.74, 6) is 0.0654. The van der Waals surface area contributed by atoms with Crippen LogP contribution in [0.15, 0.2) is 47.4 Å². The molecule has 0 aromatic heterocycles. The lowest BCUT2D eigenvalue weighted by Gasteiger charge is -2.19. The van der Waals surface area contributed by atoms with Gasteiger partial charge in [0.15, 0.2) is 11.5 Å². The van der Waals surface area contributed by atoms with Gasteiger partial charge in [-0.2, -0.15) is 0 Å². The molecule has 2 aliphatic heterocycles. The maximum Gasteiger partial charge on any atom is 0.264 e. The number of hydrogen-bond donors (Lipinski definition) is 1. The molecular weight excluding hydrogens is 460 g/mol. The number of benzene rings is 2.